The number of unbranched alkanes of at least 4 members (excludes halogenated alkanes) is 25. The number of hydrogen-bond acceptors (Lipinski definition) is 6. The minimum Gasteiger partial charge on any atom is -0.462 e. The predicted molar refractivity (Wildman–Crippen MR) is 288 cm³/mol. The van der Waals surface area contributed by atoms with E-state index in [0.29, 0.717) is 19.3 Å². The van der Waals surface area contributed by atoms with Crippen molar-refractivity contribution in [2.24, 2.45) is 0 Å². The van der Waals surface area contributed by atoms with Crippen LogP contribution in [0.5, 0.6) is 0 Å². The van der Waals surface area contributed by atoms with E-state index in [-0.39, 0.29) is 31.1 Å². The molecule has 0 saturated carbocycles. The highest BCUT2D eigenvalue weighted by Crippen LogP contribution is 2.15. The van der Waals surface area contributed by atoms with Crippen LogP contribution in [-0.4, -0.2) is 37.2 Å². The molecule has 0 amide bonds. The van der Waals surface area contributed by atoms with E-state index < -0.39 is 6.10 Å². The molecule has 0 aliphatic rings. The molecular formula is C61H104O6. The van der Waals surface area contributed by atoms with Crippen molar-refractivity contribution >= 4 is 17.9 Å². The molecule has 384 valence electrons. The largest absolute Gasteiger partial charge is 0.462 e. The Hall–Kier alpha value is -3.41. The minimum absolute atomic E-state index is 0.0779. The number of esters is 3. The van der Waals surface area contributed by atoms with Gasteiger partial charge in [-0.25, -0.2) is 0 Å². The molecule has 0 saturated heterocycles. The summed E-state index contributed by atoms with van der Waals surface area (Å²) in [5.41, 5.74) is 0. The lowest BCUT2D eigenvalue weighted by atomic mass is 10.0. The van der Waals surface area contributed by atoms with Gasteiger partial charge in [-0.05, 0) is 89.9 Å². The van der Waals surface area contributed by atoms with Crippen molar-refractivity contribution in [1.82, 2.24) is 0 Å². The van der Waals surface area contributed by atoms with Crippen LogP contribution in [-0.2, 0) is 28.6 Å². The topological polar surface area (TPSA) is 78.9 Å². The highest BCUT2D eigenvalue weighted by atomic mass is 16.6. The fourth-order valence-electron chi connectivity index (χ4n) is 7.68. The molecule has 0 aromatic carbocycles. The van der Waals surface area contributed by atoms with Crippen molar-refractivity contribution in [1.29, 1.82) is 0 Å². The number of carbonyl (C=O) groups is 3. The smallest absolute Gasteiger partial charge is 0.306 e. The Morgan fingerprint density at radius 2 is 0.612 bits per heavy atom. The summed E-state index contributed by atoms with van der Waals surface area (Å²) in [5, 5.41) is 0. The summed E-state index contributed by atoms with van der Waals surface area (Å²) in [5.74, 6) is -0.894. The van der Waals surface area contributed by atoms with Crippen LogP contribution in [0.15, 0.2) is 85.1 Å². The highest BCUT2D eigenvalue weighted by molar-refractivity contribution is 5.71. The molecule has 0 N–H and O–H groups in total. The van der Waals surface area contributed by atoms with Gasteiger partial charge in [0.05, 0.1) is 0 Å². The lowest BCUT2D eigenvalue weighted by molar-refractivity contribution is -0.167. The monoisotopic (exact) mass is 933 g/mol. The molecule has 0 aliphatic carbocycles. The maximum atomic E-state index is 12.7. The van der Waals surface area contributed by atoms with Gasteiger partial charge in [0.25, 0.3) is 0 Å². The highest BCUT2D eigenvalue weighted by Gasteiger charge is 2.19. The first kappa shape index (κ1) is 63.6. The number of ether oxygens (including phenoxy) is 3. The summed E-state index contributed by atoms with van der Waals surface area (Å²) in [6.45, 7) is 6.42. The Labute approximate surface area is 414 Å². The van der Waals surface area contributed by atoms with E-state index in [4.69, 9.17) is 14.2 Å². The van der Waals surface area contributed by atoms with Crippen LogP contribution < -0.4 is 0 Å². The van der Waals surface area contributed by atoms with Crippen LogP contribution in [0, 0.1) is 0 Å². The zero-order valence-corrected chi connectivity index (χ0v) is 43.9. The van der Waals surface area contributed by atoms with Crippen LogP contribution in [0.25, 0.3) is 0 Å². The number of hydrogen-bond donors (Lipinski definition) is 0. The summed E-state index contributed by atoms with van der Waals surface area (Å²) in [4.78, 5) is 37.8. The lowest BCUT2D eigenvalue weighted by Gasteiger charge is -2.18. The second-order valence-electron chi connectivity index (χ2n) is 18.5. The molecule has 1 unspecified atom stereocenters. The third-order valence-electron chi connectivity index (χ3n) is 11.9. The maximum absolute atomic E-state index is 12.7. The van der Waals surface area contributed by atoms with Crippen molar-refractivity contribution in [2.75, 3.05) is 13.2 Å². The van der Waals surface area contributed by atoms with Crippen molar-refractivity contribution in [3.8, 4) is 0 Å². The zero-order valence-electron chi connectivity index (χ0n) is 43.9. The molecule has 0 aromatic rings. The summed E-state index contributed by atoms with van der Waals surface area (Å²) >= 11 is 0. The fraction of sp³-hybridized carbons (Fsp3) is 0.721. The van der Waals surface area contributed by atoms with Gasteiger partial charge in [0.15, 0.2) is 6.10 Å². The van der Waals surface area contributed by atoms with E-state index in [1.807, 2.05) is 0 Å². The average molecular weight is 933 g/mol. The number of carbonyl (C=O) groups excluding carboxylic acids is 3. The molecule has 0 radical (unpaired) electrons. The van der Waals surface area contributed by atoms with Gasteiger partial charge < -0.3 is 14.2 Å². The molecule has 1 atom stereocenters. The molecule has 0 heterocycles. The second-order valence-corrected chi connectivity index (χ2v) is 18.5. The van der Waals surface area contributed by atoms with Gasteiger partial charge in [-0.3, -0.25) is 14.4 Å². The third-order valence-corrected chi connectivity index (χ3v) is 11.9. The van der Waals surface area contributed by atoms with Crippen LogP contribution in [0.3, 0.4) is 0 Å². The molecule has 0 aliphatic heterocycles. The quantitative estimate of drug-likeness (QED) is 0.0262. The van der Waals surface area contributed by atoms with Gasteiger partial charge in [0, 0.05) is 19.3 Å². The lowest BCUT2D eigenvalue weighted by Crippen LogP contribution is -2.30. The SMILES string of the molecule is CC/C=C\C/C=C\C/C=C\C/C=C\C/C=C\C/C=C\CCCCCCCCCCCCCCC(=O)OCC(COC(=O)CCCCCCCCCC)OC(=O)CCCCCCC/C=C\CCC. The van der Waals surface area contributed by atoms with Gasteiger partial charge in [-0.15, -0.1) is 0 Å². The third kappa shape index (κ3) is 53.4. The van der Waals surface area contributed by atoms with Gasteiger partial charge in [0.1, 0.15) is 13.2 Å². The van der Waals surface area contributed by atoms with Crippen LogP contribution in [0.2, 0.25) is 0 Å². The van der Waals surface area contributed by atoms with Gasteiger partial charge in [-0.1, -0.05) is 241 Å². The Morgan fingerprint density at radius 3 is 0.985 bits per heavy atom. The molecule has 6 heteroatoms. The van der Waals surface area contributed by atoms with Crippen molar-refractivity contribution in [3.05, 3.63) is 85.1 Å². The van der Waals surface area contributed by atoms with Crippen molar-refractivity contribution in [2.45, 2.75) is 271 Å². The van der Waals surface area contributed by atoms with E-state index in [0.717, 1.165) is 116 Å². The van der Waals surface area contributed by atoms with Crippen LogP contribution >= 0.6 is 0 Å². The molecule has 0 fully saturated rings. The van der Waals surface area contributed by atoms with E-state index in [9.17, 15) is 14.4 Å². The first-order valence-electron chi connectivity index (χ1n) is 28.1. The molecular weight excluding hydrogens is 829 g/mol. The molecule has 6 nitrogen and oxygen atoms in total. The first-order chi connectivity index (χ1) is 33.0. The predicted octanol–water partition coefficient (Wildman–Crippen LogP) is 18.8. The normalized spacial score (nSPS) is 12.7. The van der Waals surface area contributed by atoms with Gasteiger partial charge in [-0.2, -0.15) is 0 Å². The average Bonchev–Trinajstić information content (AvgIpc) is 3.33. The first-order valence-corrected chi connectivity index (χ1v) is 28.1. The van der Waals surface area contributed by atoms with E-state index in [1.165, 1.54) is 109 Å². The Morgan fingerprint density at radius 1 is 0.313 bits per heavy atom. The van der Waals surface area contributed by atoms with E-state index in [2.05, 4.69) is 106 Å². The van der Waals surface area contributed by atoms with Crippen LogP contribution in [0.1, 0.15) is 265 Å². The van der Waals surface area contributed by atoms with Crippen molar-refractivity contribution < 1.29 is 28.6 Å². The van der Waals surface area contributed by atoms with E-state index in [1.54, 1.807) is 0 Å². The molecule has 0 aromatic heterocycles. The minimum atomic E-state index is -0.776. The molecule has 67 heavy (non-hydrogen) atoms. The summed E-state index contributed by atoms with van der Waals surface area (Å²) in [7, 11) is 0. The number of rotatable bonds is 50. The van der Waals surface area contributed by atoms with Crippen molar-refractivity contribution in [3.63, 3.8) is 0 Å². The number of allylic oxidation sites excluding steroid dienone is 14. The maximum Gasteiger partial charge on any atom is 0.306 e. The second kappa shape index (κ2) is 55.2. The van der Waals surface area contributed by atoms with E-state index >= 15 is 0 Å². The van der Waals surface area contributed by atoms with Gasteiger partial charge in [0.2, 0.25) is 0 Å². The standard InChI is InChI=1S/C61H104O6/c1-4-7-10-13-16-19-21-22-23-24-25-26-27-28-29-30-31-32-33-34-35-36-37-38-39-40-41-43-45-48-51-54-60(63)66-57-58(56-65-59(62)53-50-47-44-18-15-12-9-6-3)67-61(64)55-52-49-46-42-20-17-14-11-8-5-2/h7,10-11,14,16,19,22-23,25-26,28-29,31-32,58H,4-6,8-9,12-13,15,17-18,20-21,24,27,30,33-57H2,1-3H3/b10-7-,14-11-,19-16-,23-22-,26-25-,29-28-,32-31-. The fourth-order valence-corrected chi connectivity index (χ4v) is 7.68. The summed E-state index contributed by atoms with van der Waals surface area (Å²) in [6.07, 6.45) is 71.8. The molecule has 0 rings (SSSR count). The molecule has 0 bridgehead atoms. The summed E-state index contributed by atoms with van der Waals surface area (Å²) in [6, 6.07) is 0. The summed E-state index contributed by atoms with van der Waals surface area (Å²) < 4.78 is 16.7. The Kier molecular flexibility index (Phi) is 52.4. The Balaban J connectivity index is 4.05. The Bertz CT molecular complexity index is 1300. The zero-order chi connectivity index (χ0) is 48.6. The molecule has 0 spiro atoms. The van der Waals surface area contributed by atoms with Gasteiger partial charge >= 0.3 is 17.9 Å². The van der Waals surface area contributed by atoms with Crippen LogP contribution in [0.4, 0.5) is 0 Å².